The number of amides is 3. The van der Waals surface area contributed by atoms with E-state index in [0.29, 0.717) is 12.8 Å². The van der Waals surface area contributed by atoms with E-state index in [0.717, 1.165) is 29.5 Å². The van der Waals surface area contributed by atoms with Crippen molar-refractivity contribution >= 4 is 17.9 Å². The summed E-state index contributed by atoms with van der Waals surface area (Å²) in [6.07, 6.45) is 2.18. The second kappa shape index (κ2) is 14.0. The number of carbonyl (C=O) groups is 3. The highest BCUT2D eigenvalue weighted by atomic mass is 16.6. The lowest BCUT2D eigenvalue weighted by molar-refractivity contribution is -0.150. The Morgan fingerprint density at radius 1 is 0.974 bits per heavy atom. The molecule has 0 saturated heterocycles. The number of hydrogen-bond acceptors (Lipinski definition) is 4. The average molecular weight is 532 g/mol. The molecule has 1 aromatic rings. The zero-order valence-electron chi connectivity index (χ0n) is 26.0. The van der Waals surface area contributed by atoms with Crippen LogP contribution in [0.25, 0.3) is 0 Å². The van der Waals surface area contributed by atoms with Crippen molar-refractivity contribution in [2.45, 2.75) is 138 Å². The predicted octanol–water partition coefficient (Wildman–Crippen LogP) is 6.61. The van der Waals surface area contributed by atoms with Gasteiger partial charge in [0.25, 0.3) is 0 Å². The lowest BCUT2D eigenvalue weighted by Gasteiger charge is -2.45. The minimum Gasteiger partial charge on any atom is -0.444 e. The quantitative estimate of drug-likeness (QED) is 0.318. The van der Waals surface area contributed by atoms with Crippen LogP contribution < -0.4 is 10.6 Å². The van der Waals surface area contributed by atoms with Crippen molar-refractivity contribution in [3.8, 4) is 0 Å². The summed E-state index contributed by atoms with van der Waals surface area (Å²) in [5.41, 5.74) is 1.44. The van der Waals surface area contributed by atoms with E-state index in [1.807, 2.05) is 73.6 Å². The van der Waals surface area contributed by atoms with E-state index < -0.39 is 29.3 Å². The number of nitrogens with zero attached hydrogens (tertiary/aromatic N) is 1. The second-order valence-corrected chi connectivity index (χ2v) is 12.7. The van der Waals surface area contributed by atoms with Crippen LogP contribution in [-0.2, 0) is 14.3 Å². The zero-order valence-corrected chi connectivity index (χ0v) is 26.0. The van der Waals surface area contributed by atoms with Crippen LogP contribution in [0.5, 0.6) is 0 Å². The minimum absolute atomic E-state index is 0.0335. The van der Waals surface area contributed by atoms with Crippen LogP contribution in [0, 0.1) is 19.8 Å². The van der Waals surface area contributed by atoms with E-state index in [2.05, 4.69) is 17.6 Å². The summed E-state index contributed by atoms with van der Waals surface area (Å²) in [5, 5.41) is 5.99. The maximum atomic E-state index is 14.5. The summed E-state index contributed by atoms with van der Waals surface area (Å²) in [6, 6.07) is 4.23. The molecular weight excluding hydrogens is 478 g/mol. The Morgan fingerprint density at radius 2 is 1.58 bits per heavy atom. The van der Waals surface area contributed by atoms with Crippen LogP contribution in [0.3, 0.4) is 0 Å². The monoisotopic (exact) mass is 531 g/mol. The van der Waals surface area contributed by atoms with Crippen molar-refractivity contribution < 1.29 is 19.1 Å². The van der Waals surface area contributed by atoms with Crippen LogP contribution in [0.4, 0.5) is 4.79 Å². The molecule has 3 amide bonds. The molecule has 1 aromatic carbocycles. The largest absolute Gasteiger partial charge is 0.444 e. The Hall–Kier alpha value is -2.57. The second-order valence-electron chi connectivity index (χ2n) is 12.7. The van der Waals surface area contributed by atoms with Gasteiger partial charge in [-0.1, -0.05) is 57.9 Å². The molecule has 0 saturated carbocycles. The van der Waals surface area contributed by atoms with Gasteiger partial charge in [0.05, 0.1) is 0 Å². The highest BCUT2D eigenvalue weighted by Crippen LogP contribution is 2.34. The Morgan fingerprint density at radius 3 is 2.05 bits per heavy atom. The molecule has 38 heavy (non-hydrogen) atoms. The van der Waals surface area contributed by atoms with E-state index in [9.17, 15) is 14.4 Å². The summed E-state index contributed by atoms with van der Waals surface area (Å²) in [5.74, 6) is -0.378. The number of rotatable bonds is 12. The van der Waals surface area contributed by atoms with Gasteiger partial charge in [-0.15, -0.1) is 0 Å². The van der Waals surface area contributed by atoms with Gasteiger partial charge in [0.1, 0.15) is 17.7 Å². The first-order valence-electron chi connectivity index (χ1n) is 14.1. The van der Waals surface area contributed by atoms with Crippen molar-refractivity contribution in [1.29, 1.82) is 0 Å². The Bertz CT molecular complexity index is 949. The molecule has 7 nitrogen and oxygen atoms in total. The first-order chi connectivity index (χ1) is 17.4. The highest BCUT2D eigenvalue weighted by molar-refractivity contribution is 5.93. The molecule has 2 N–H and O–H groups in total. The number of benzene rings is 1. The molecule has 0 bridgehead atoms. The molecule has 216 valence electrons. The molecule has 0 radical (unpaired) electrons. The van der Waals surface area contributed by atoms with Gasteiger partial charge in [0, 0.05) is 11.6 Å². The van der Waals surface area contributed by atoms with Crippen molar-refractivity contribution in [3.63, 3.8) is 0 Å². The van der Waals surface area contributed by atoms with Crippen LogP contribution in [0.2, 0.25) is 0 Å². The van der Waals surface area contributed by atoms with Crippen molar-refractivity contribution in [1.82, 2.24) is 15.5 Å². The Kier molecular flexibility index (Phi) is 12.3. The smallest absolute Gasteiger partial charge is 0.408 e. The Labute approximate surface area is 231 Å². The van der Waals surface area contributed by atoms with E-state index in [1.165, 1.54) is 0 Å². The summed E-state index contributed by atoms with van der Waals surface area (Å²) in [4.78, 5) is 43.0. The van der Waals surface area contributed by atoms with Gasteiger partial charge in [-0.3, -0.25) is 9.59 Å². The average Bonchev–Trinajstić information content (AvgIpc) is 2.75. The van der Waals surface area contributed by atoms with Gasteiger partial charge in [-0.25, -0.2) is 4.79 Å². The number of alkyl carbamates (subject to hydrolysis) is 1. The molecule has 3 atom stereocenters. The Balaban J connectivity index is 3.72. The van der Waals surface area contributed by atoms with Crippen molar-refractivity contribution in [2.75, 3.05) is 0 Å². The summed E-state index contributed by atoms with van der Waals surface area (Å²) >= 11 is 0. The molecule has 0 spiro atoms. The van der Waals surface area contributed by atoms with Gasteiger partial charge >= 0.3 is 6.09 Å². The fraction of sp³-hybridized carbons (Fsp3) is 0.710. The molecule has 3 unspecified atom stereocenters. The molecule has 0 heterocycles. The number of aryl methyl sites for hydroxylation is 2. The normalized spacial score (nSPS) is 14.4. The van der Waals surface area contributed by atoms with Gasteiger partial charge in [-0.05, 0) is 91.7 Å². The molecule has 0 aromatic heterocycles. The molecular formula is C31H53N3O4. The third-order valence-corrected chi connectivity index (χ3v) is 6.79. The van der Waals surface area contributed by atoms with Crippen LogP contribution in [-0.4, -0.2) is 46.0 Å². The molecule has 0 aliphatic heterocycles. The van der Waals surface area contributed by atoms with Gasteiger partial charge in [0.2, 0.25) is 11.8 Å². The lowest BCUT2D eigenvalue weighted by Crippen LogP contribution is -2.60. The third kappa shape index (κ3) is 9.95. The topological polar surface area (TPSA) is 87.7 Å². The van der Waals surface area contributed by atoms with Gasteiger partial charge in [0.15, 0.2) is 0 Å². The lowest BCUT2D eigenvalue weighted by atomic mass is 9.89. The van der Waals surface area contributed by atoms with Gasteiger partial charge in [-0.2, -0.15) is 0 Å². The SMILES string of the molecule is CCCC(C)NC(=O)C(c1ccc(C)cc1C)N(C(=O)C(CC(C)C)NC(=O)OC(C)(C)C)C(C)(C)CC. The summed E-state index contributed by atoms with van der Waals surface area (Å²) in [6.45, 7) is 23.4. The van der Waals surface area contributed by atoms with Crippen LogP contribution in [0.1, 0.15) is 118 Å². The fourth-order valence-electron chi connectivity index (χ4n) is 4.61. The number of hydrogen-bond donors (Lipinski definition) is 2. The number of carbonyl (C=O) groups excluding carboxylic acids is 3. The fourth-order valence-corrected chi connectivity index (χ4v) is 4.61. The molecule has 0 aliphatic rings. The molecule has 1 rings (SSSR count). The molecule has 0 aliphatic carbocycles. The first kappa shape index (κ1) is 33.5. The maximum Gasteiger partial charge on any atom is 0.408 e. The van der Waals surface area contributed by atoms with Crippen molar-refractivity contribution in [3.05, 3.63) is 34.9 Å². The maximum absolute atomic E-state index is 14.5. The molecule has 7 heteroatoms. The molecule has 0 fully saturated rings. The first-order valence-corrected chi connectivity index (χ1v) is 14.1. The van der Waals surface area contributed by atoms with Gasteiger partial charge < -0.3 is 20.3 Å². The number of ether oxygens (including phenoxy) is 1. The minimum atomic E-state index is -0.854. The van der Waals surface area contributed by atoms with E-state index in [1.54, 1.807) is 25.7 Å². The highest BCUT2D eigenvalue weighted by Gasteiger charge is 2.43. The van der Waals surface area contributed by atoms with E-state index in [-0.39, 0.29) is 23.8 Å². The number of nitrogens with one attached hydrogen (secondary N) is 2. The predicted molar refractivity (Wildman–Crippen MR) is 155 cm³/mol. The summed E-state index contributed by atoms with van der Waals surface area (Å²) in [7, 11) is 0. The van der Waals surface area contributed by atoms with Crippen molar-refractivity contribution in [2.24, 2.45) is 5.92 Å². The van der Waals surface area contributed by atoms with Crippen LogP contribution in [0.15, 0.2) is 18.2 Å². The van der Waals surface area contributed by atoms with E-state index in [4.69, 9.17) is 4.74 Å². The third-order valence-electron chi connectivity index (χ3n) is 6.79. The van der Waals surface area contributed by atoms with Crippen LogP contribution >= 0.6 is 0 Å². The van der Waals surface area contributed by atoms with E-state index >= 15 is 0 Å². The standard InChI is InChI=1S/C31H53N3O4/c1-13-15-23(7)32-27(35)26(24-17-16-21(5)19-22(24)6)34(31(11,12)14-2)28(36)25(18-20(3)4)33-29(37)38-30(8,9)10/h16-17,19-20,23,25-26H,13-15,18H2,1-12H3,(H,32,35)(H,33,37). The summed E-state index contributed by atoms with van der Waals surface area (Å²) < 4.78 is 5.50. The zero-order chi connectivity index (χ0) is 29.4.